The molecule has 2 aliphatic rings. The largest absolute Gasteiger partial charge is 1.00 e. The third-order valence-electron chi connectivity index (χ3n) is 12.2. The predicted octanol–water partition coefficient (Wildman–Crippen LogP) is 7.06. The van der Waals surface area contributed by atoms with Crippen molar-refractivity contribution in [2.24, 2.45) is 0 Å². The van der Waals surface area contributed by atoms with Gasteiger partial charge < -0.3 is 24.8 Å². The number of halogens is 2. The van der Waals surface area contributed by atoms with Crippen LogP contribution in [0.5, 0.6) is 0 Å². The molecule has 8 aromatic rings. The quantitative estimate of drug-likeness (QED) is 0.132. The second-order valence-corrected chi connectivity index (χ2v) is 27.3. The van der Waals surface area contributed by atoms with Crippen LogP contribution in [0.4, 0.5) is 0 Å². The summed E-state index contributed by atoms with van der Waals surface area (Å²) in [6.07, 6.45) is 5.09. The van der Waals surface area contributed by atoms with Gasteiger partial charge in [-0.3, -0.25) is 0 Å². The summed E-state index contributed by atoms with van der Waals surface area (Å²) in [4.78, 5) is 0. The van der Waals surface area contributed by atoms with Crippen molar-refractivity contribution >= 4 is 66.2 Å². The van der Waals surface area contributed by atoms with Gasteiger partial charge in [0.2, 0.25) is 0 Å². The van der Waals surface area contributed by atoms with Gasteiger partial charge in [0.05, 0.1) is 0 Å². The molecule has 4 heteroatoms. The molecule has 0 N–H and O–H groups in total. The van der Waals surface area contributed by atoms with Gasteiger partial charge in [0.1, 0.15) is 0 Å². The van der Waals surface area contributed by atoms with Crippen LogP contribution < -0.4 is 24.8 Å². The minimum atomic E-state index is -3.06. The number of hydrogen-bond acceptors (Lipinski definition) is 0. The Hall–Kier alpha value is -4.04. The van der Waals surface area contributed by atoms with Gasteiger partial charge in [0.15, 0.2) is 0 Å². The topological polar surface area (TPSA) is 0 Å². The molecule has 0 amide bonds. The zero-order valence-electron chi connectivity index (χ0n) is 30.4. The Labute approximate surface area is 340 Å². The number of allylic oxidation sites excluding steroid dienone is 2. The molecule has 0 aliphatic heterocycles. The average Bonchev–Trinajstić information content (AvgIpc) is 3.70. The van der Waals surface area contributed by atoms with E-state index in [9.17, 15) is 0 Å². The van der Waals surface area contributed by atoms with Gasteiger partial charge in [0.25, 0.3) is 0 Å². The van der Waals surface area contributed by atoms with Crippen molar-refractivity contribution in [3.05, 3.63) is 179 Å². The van der Waals surface area contributed by atoms with E-state index in [0.29, 0.717) is 7.25 Å². The molecule has 2 aliphatic carbocycles. The fourth-order valence-electron chi connectivity index (χ4n) is 10.3. The fraction of sp³-hybridized carbons (Fsp3) is 0.120. The fourth-order valence-corrected chi connectivity index (χ4v) is 22.4. The minimum absolute atomic E-state index is 0. The van der Waals surface area contributed by atoms with Gasteiger partial charge in [-0.2, -0.15) is 0 Å². The van der Waals surface area contributed by atoms with Crippen LogP contribution >= 0.6 is 0 Å². The predicted molar refractivity (Wildman–Crippen MR) is 230 cm³/mol. The van der Waals surface area contributed by atoms with Crippen molar-refractivity contribution in [1.82, 2.24) is 0 Å². The van der Waals surface area contributed by atoms with E-state index < -0.39 is 20.3 Å². The van der Waals surface area contributed by atoms with Crippen LogP contribution in [-0.4, -0.2) is 11.0 Å². The first-order valence-corrected chi connectivity index (χ1v) is 26.1. The van der Waals surface area contributed by atoms with Crippen LogP contribution in [0.1, 0.15) is 43.4 Å². The molecule has 0 saturated heterocycles. The molecule has 0 fully saturated rings. The molecule has 0 bridgehead atoms. The molecule has 10 rings (SSSR count). The van der Waals surface area contributed by atoms with Crippen molar-refractivity contribution in [1.29, 1.82) is 0 Å². The molecule has 8 aromatic carbocycles. The Morgan fingerprint density at radius 2 is 0.741 bits per heavy atom. The van der Waals surface area contributed by atoms with Crippen molar-refractivity contribution in [2.45, 2.75) is 30.4 Å². The zero-order valence-corrected chi connectivity index (χ0v) is 34.4. The van der Waals surface area contributed by atoms with E-state index in [1.54, 1.807) is 22.3 Å². The van der Waals surface area contributed by atoms with Crippen molar-refractivity contribution < 1.29 is 45.1 Å². The zero-order chi connectivity index (χ0) is 34.4. The number of benzene rings is 8. The molecule has 54 heavy (non-hydrogen) atoms. The summed E-state index contributed by atoms with van der Waals surface area (Å²) in [5.74, 6) is 0. The normalized spacial score (nSPS) is 15.6. The first kappa shape index (κ1) is 38.2. The van der Waals surface area contributed by atoms with Crippen LogP contribution in [-0.2, 0) is 20.3 Å². The van der Waals surface area contributed by atoms with E-state index in [0.717, 1.165) is 0 Å². The first-order valence-electron chi connectivity index (χ1n) is 18.3. The van der Waals surface area contributed by atoms with Crippen molar-refractivity contribution in [2.75, 3.05) is 0 Å². The second kappa shape index (κ2) is 14.6. The summed E-state index contributed by atoms with van der Waals surface area (Å²) < 4.78 is 6.45. The Morgan fingerprint density at radius 3 is 1.15 bits per heavy atom. The van der Waals surface area contributed by atoms with Gasteiger partial charge in [-0.05, 0) is 11.0 Å². The Kier molecular flexibility index (Phi) is 10.3. The van der Waals surface area contributed by atoms with Gasteiger partial charge in [0, 0.05) is 0 Å². The molecule has 2 unspecified atom stereocenters. The average molecular weight is 835 g/mol. The van der Waals surface area contributed by atoms with Crippen LogP contribution in [0.3, 0.4) is 0 Å². The maximum absolute atomic E-state index is 3.06. The SMILES string of the molecule is CC1=Cc2c(-c3cc4ccccc4c4ccccc34)cccc2[CH]1[Zr+2]([CH3])([CH3])[CH]1C(C)=Cc2c(-c3cc4ccccc4c4ccccc34)cccc21.[Cl-].[Cl-].[SiH4]. The second-order valence-electron chi connectivity index (χ2n) is 15.5. The third-order valence-corrected chi connectivity index (χ3v) is 23.2. The summed E-state index contributed by atoms with van der Waals surface area (Å²) in [6.45, 7) is 4.83. The molecule has 0 saturated carbocycles. The molecular weight excluding hydrogens is 791 g/mol. The van der Waals surface area contributed by atoms with Crippen molar-refractivity contribution in [3.8, 4) is 22.3 Å². The Balaban J connectivity index is 0.00000150. The molecule has 0 heterocycles. The van der Waals surface area contributed by atoms with Gasteiger partial charge in [-0.15, -0.1) is 0 Å². The summed E-state index contributed by atoms with van der Waals surface area (Å²) in [7, 11) is 0. The van der Waals surface area contributed by atoms with E-state index >= 15 is 0 Å². The number of fused-ring (bicyclic) bond motifs is 8. The van der Waals surface area contributed by atoms with Gasteiger partial charge in [-0.25, -0.2) is 0 Å². The van der Waals surface area contributed by atoms with Crippen LogP contribution in [0, 0.1) is 0 Å². The monoisotopic (exact) mass is 832 g/mol. The van der Waals surface area contributed by atoms with Crippen LogP contribution in [0.25, 0.3) is 77.5 Å². The molecule has 0 spiro atoms. The summed E-state index contributed by atoms with van der Waals surface area (Å²) in [5, 5.41) is 10.6. The van der Waals surface area contributed by atoms with E-state index in [4.69, 9.17) is 0 Å². The molecule has 266 valence electrons. The van der Waals surface area contributed by atoms with Crippen LogP contribution in [0.15, 0.2) is 157 Å². The van der Waals surface area contributed by atoms with E-state index in [2.05, 4.69) is 181 Å². The van der Waals surface area contributed by atoms with Gasteiger partial charge in [-0.1, -0.05) is 0 Å². The summed E-state index contributed by atoms with van der Waals surface area (Å²) in [6, 6.07) is 54.7. The smallest absolute Gasteiger partial charge is 0.0149 e. The minimum Gasteiger partial charge on any atom is -1.00 e. The molecule has 0 radical (unpaired) electrons. The standard InChI is InChI=1S/2C24H17.2CH3.2ClH.H4Si.Zr/c2*1-16-13-17-8-6-12-22(23(17)14-16)24-15-18-7-2-3-9-19(18)20-10-4-5-11-21(20)24;;;;;;/h2*2-15H,1H3;2*1H3;2*1H;1H4;/q;;;;;;;+2/p-2. The molecule has 0 aromatic heterocycles. The summed E-state index contributed by atoms with van der Waals surface area (Å²) >= 11 is -3.06. The number of rotatable bonds is 4. The molecular formula is C50H44Cl2SiZr. The first-order chi connectivity index (χ1) is 24.9. The number of hydrogen-bond donors (Lipinski definition) is 0. The van der Waals surface area contributed by atoms with E-state index in [-0.39, 0.29) is 35.8 Å². The summed E-state index contributed by atoms with van der Waals surface area (Å²) in [5.41, 5.74) is 14.4. The van der Waals surface area contributed by atoms with E-state index in [1.165, 1.54) is 76.5 Å². The Bertz CT molecular complexity index is 2640. The maximum atomic E-state index is 2.72. The van der Waals surface area contributed by atoms with Crippen molar-refractivity contribution in [3.63, 3.8) is 0 Å². The van der Waals surface area contributed by atoms with Gasteiger partial charge >= 0.3 is 307 Å². The maximum Gasteiger partial charge on any atom is -0.0149 e. The molecule has 2 atom stereocenters. The molecule has 0 nitrogen and oxygen atoms in total. The Morgan fingerprint density at radius 1 is 0.389 bits per heavy atom. The third kappa shape index (κ3) is 5.72. The van der Waals surface area contributed by atoms with Crippen LogP contribution in [0.2, 0.25) is 9.26 Å². The van der Waals surface area contributed by atoms with E-state index in [1.807, 2.05) is 0 Å².